The van der Waals surface area contributed by atoms with Gasteiger partial charge in [-0.2, -0.15) is 0 Å². The largest absolute Gasteiger partial charge is 0.393 e. The lowest BCUT2D eigenvalue weighted by Gasteiger charge is -2.26. The van der Waals surface area contributed by atoms with Gasteiger partial charge in [-0.05, 0) is 48.0 Å². The van der Waals surface area contributed by atoms with E-state index in [0.717, 1.165) is 54.8 Å². The Hall–Kier alpha value is -0.680. The van der Waals surface area contributed by atoms with Crippen molar-refractivity contribution < 1.29 is 5.11 Å². The summed E-state index contributed by atoms with van der Waals surface area (Å²) in [7, 11) is 0. The van der Waals surface area contributed by atoms with E-state index in [4.69, 9.17) is 0 Å². The molecule has 1 heterocycles. The Kier molecular flexibility index (Phi) is 4.95. The van der Waals surface area contributed by atoms with E-state index in [2.05, 4.69) is 38.1 Å². The molecule has 0 spiro atoms. The third-order valence-corrected chi connectivity index (χ3v) is 3.67. The molecule has 4 nitrogen and oxygen atoms in total. The molecule has 1 saturated carbocycles. The maximum atomic E-state index is 9.49. The average Bonchev–Trinajstić information content (AvgIpc) is 2.32. The lowest BCUT2D eigenvalue weighted by atomic mass is 9.93. The van der Waals surface area contributed by atoms with Gasteiger partial charge in [-0.25, -0.2) is 9.97 Å². The van der Waals surface area contributed by atoms with Gasteiger partial charge >= 0.3 is 0 Å². The lowest BCUT2D eigenvalue weighted by molar-refractivity contribution is 0.126. The average molecular weight is 314 g/mol. The molecule has 1 aliphatic rings. The molecule has 18 heavy (non-hydrogen) atoms. The summed E-state index contributed by atoms with van der Waals surface area (Å²) < 4.78 is 0.833. The molecule has 0 amide bonds. The van der Waals surface area contributed by atoms with Crippen molar-refractivity contribution in [2.45, 2.75) is 57.6 Å². The number of anilines is 1. The van der Waals surface area contributed by atoms with Crippen LogP contribution in [0.1, 0.15) is 44.9 Å². The SMILES string of the molecule is CCCc1nc(Br)cc(NC2CCC(O)CC2)n1. The Morgan fingerprint density at radius 3 is 2.72 bits per heavy atom. The van der Waals surface area contributed by atoms with Gasteiger partial charge in [0.1, 0.15) is 16.2 Å². The van der Waals surface area contributed by atoms with E-state index in [1.807, 2.05) is 6.07 Å². The monoisotopic (exact) mass is 313 g/mol. The predicted octanol–water partition coefficient (Wildman–Crippen LogP) is 2.91. The quantitative estimate of drug-likeness (QED) is 0.839. The Morgan fingerprint density at radius 1 is 1.33 bits per heavy atom. The minimum Gasteiger partial charge on any atom is -0.393 e. The molecule has 0 saturated heterocycles. The van der Waals surface area contributed by atoms with Crippen LogP contribution in [0.3, 0.4) is 0 Å². The van der Waals surface area contributed by atoms with E-state index < -0.39 is 0 Å². The van der Waals surface area contributed by atoms with Crippen LogP contribution in [0.25, 0.3) is 0 Å². The third-order valence-electron chi connectivity index (χ3n) is 3.26. The third kappa shape index (κ3) is 3.92. The summed E-state index contributed by atoms with van der Waals surface area (Å²) in [6.07, 6.45) is 5.61. The van der Waals surface area contributed by atoms with Crippen molar-refractivity contribution in [3.05, 3.63) is 16.5 Å². The second-order valence-corrected chi connectivity index (χ2v) is 5.70. The van der Waals surface area contributed by atoms with Gasteiger partial charge in [0.25, 0.3) is 0 Å². The normalized spacial score (nSPS) is 23.9. The minimum absolute atomic E-state index is 0.115. The molecular formula is C13H20BrN3O. The molecule has 0 bridgehead atoms. The minimum atomic E-state index is -0.115. The van der Waals surface area contributed by atoms with Crippen LogP contribution >= 0.6 is 15.9 Å². The Bertz CT molecular complexity index is 392. The van der Waals surface area contributed by atoms with Crippen LogP contribution in [0.15, 0.2) is 10.7 Å². The summed E-state index contributed by atoms with van der Waals surface area (Å²) in [5.74, 6) is 1.77. The van der Waals surface area contributed by atoms with Crippen molar-refractivity contribution in [3.8, 4) is 0 Å². The first kappa shape index (κ1) is 13.7. The molecule has 0 unspecified atom stereocenters. The molecule has 1 fully saturated rings. The molecule has 100 valence electrons. The van der Waals surface area contributed by atoms with Gasteiger partial charge in [-0.1, -0.05) is 6.92 Å². The molecule has 1 aliphatic carbocycles. The van der Waals surface area contributed by atoms with Gasteiger partial charge in [0, 0.05) is 18.5 Å². The summed E-state index contributed by atoms with van der Waals surface area (Å²) >= 11 is 3.43. The number of rotatable bonds is 4. The highest BCUT2D eigenvalue weighted by molar-refractivity contribution is 9.10. The number of aromatic nitrogens is 2. The summed E-state index contributed by atoms with van der Waals surface area (Å²) in [4.78, 5) is 8.88. The van der Waals surface area contributed by atoms with E-state index in [1.54, 1.807) is 0 Å². The molecule has 1 aromatic heterocycles. The Balaban J connectivity index is 2.00. The number of aryl methyl sites for hydroxylation is 1. The molecule has 0 aliphatic heterocycles. The zero-order chi connectivity index (χ0) is 13.0. The molecule has 2 N–H and O–H groups in total. The van der Waals surface area contributed by atoms with Crippen LogP contribution < -0.4 is 5.32 Å². The molecule has 1 aromatic rings. The van der Waals surface area contributed by atoms with Crippen LogP contribution in [-0.2, 0) is 6.42 Å². The van der Waals surface area contributed by atoms with Crippen LogP contribution in [0.4, 0.5) is 5.82 Å². The van der Waals surface area contributed by atoms with E-state index in [0.29, 0.717) is 6.04 Å². The smallest absolute Gasteiger partial charge is 0.132 e. The second-order valence-electron chi connectivity index (χ2n) is 4.89. The van der Waals surface area contributed by atoms with Gasteiger partial charge in [0.15, 0.2) is 0 Å². The fourth-order valence-electron chi connectivity index (χ4n) is 2.30. The first-order valence-corrected chi connectivity index (χ1v) is 7.44. The topological polar surface area (TPSA) is 58.0 Å². The van der Waals surface area contributed by atoms with Crippen molar-refractivity contribution >= 4 is 21.7 Å². The van der Waals surface area contributed by atoms with Crippen molar-refractivity contribution in [1.82, 2.24) is 9.97 Å². The maximum Gasteiger partial charge on any atom is 0.132 e. The molecule has 2 rings (SSSR count). The van der Waals surface area contributed by atoms with E-state index in [1.165, 1.54) is 0 Å². The summed E-state index contributed by atoms with van der Waals surface area (Å²) in [6.45, 7) is 2.12. The number of hydrogen-bond acceptors (Lipinski definition) is 4. The van der Waals surface area contributed by atoms with Crippen LogP contribution in [0, 0.1) is 0 Å². The summed E-state index contributed by atoms with van der Waals surface area (Å²) in [6, 6.07) is 2.34. The van der Waals surface area contributed by atoms with Gasteiger partial charge in [0.05, 0.1) is 6.10 Å². The van der Waals surface area contributed by atoms with Gasteiger partial charge in [-0.3, -0.25) is 0 Å². The van der Waals surface area contributed by atoms with Gasteiger partial charge in [0.2, 0.25) is 0 Å². The van der Waals surface area contributed by atoms with Crippen LogP contribution in [-0.4, -0.2) is 27.2 Å². The fourth-order valence-corrected chi connectivity index (χ4v) is 2.72. The van der Waals surface area contributed by atoms with E-state index >= 15 is 0 Å². The van der Waals surface area contributed by atoms with Gasteiger partial charge in [-0.15, -0.1) is 0 Å². The highest BCUT2D eigenvalue weighted by Gasteiger charge is 2.19. The fraction of sp³-hybridized carbons (Fsp3) is 0.692. The van der Waals surface area contributed by atoms with Crippen LogP contribution in [0.5, 0.6) is 0 Å². The standard InChI is InChI=1S/C13H20BrN3O/c1-2-3-12-16-11(14)8-13(17-12)15-9-4-6-10(18)7-5-9/h8-10,18H,2-7H2,1H3,(H,15,16,17). The number of aliphatic hydroxyl groups is 1. The maximum absolute atomic E-state index is 9.49. The zero-order valence-corrected chi connectivity index (χ0v) is 12.3. The number of nitrogens with one attached hydrogen (secondary N) is 1. The highest BCUT2D eigenvalue weighted by Crippen LogP contribution is 2.22. The molecule has 0 aromatic carbocycles. The first-order valence-electron chi connectivity index (χ1n) is 6.65. The Morgan fingerprint density at radius 2 is 2.06 bits per heavy atom. The number of aliphatic hydroxyl groups excluding tert-OH is 1. The molecule has 5 heteroatoms. The summed E-state index contributed by atoms with van der Waals surface area (Å²) in [5.41, 5.74) is 0. The number of hydrogen-bond donors (Lipinski definition) is 2. The van der Waals surface area contributed by atoms with Crippen molar-refractivity contribution in [2.75, 3.05) is 5.32 Å². The van der Waals surface area contributed by atoms with Gasteiger partial charge < -0.3 is 10.4 Å². The highest BCUT2D eigenvalue weighted by atomic mass is 79.9. The van der Waals surface area contributed by atoms with Crippen molar-refractivity contribution in [2.24, 2.45) is 0 Å². The van der Waals surface area contributed by atoms with E-state index in [9.17, 15) is 5.11 Å². The first-order chi connectivity index (χ1) is 8.67. The molecular weight excluding hydrogens is 294 g/mol. The van der Waals surface area contributed by atoms with Crippen molar-refractivity contribution in [1.29, 1.82) is 0 Å². The molecule has 0 radical (unpaired) electrons. The van der Waals surface area contributed by atoms with Crippen LogP contribution in [0.2, 0.25) is 0 Å². The van der Waals surface area contributed by atoms with E-state index in [-0.39, 0.29) is 6.10 Å². The molecule has 0 atom stereocenters. The zero-order valence-electron chi connectivity index (χ0n) is 10.7. The van der Waals surface area contributed by atoms with Crippen molar-refractivity contribution in [3.63, 3.8) is 0 Å². The predicted molar refractivity (Wildman–Crippen MR) is 75.6 cm³/mol. The Labute approximate surface area is 116 Å². The number of halogens is 1. The summed E-state index contributed by atoms with van der Waals surface area (Å²) in [5, 5.41) is 12.9. The second kappa shape index (κ2) is 6.48. The number of nitrogens with zero attached hydrogens (tertiary/aromatic N) is 2. The lowest BCUT2D eigenvalue weighted by Crippen LogP contribution is -2.28.